The normalized spacial score (nSPS) is 12.8. The molecule has 1 aliphatic rings. The Kier molecular flexibility index (Phi) is 6.43. The van der Waals surface area contributed by atoms with Gasteiger partial charge in [0.2, 0.25) is 11.8 Å². The lowest BCUT2D eigenvalue weighted by molar-refractivity contribution is -0.132. The highest BCUT2D eigenvalue weighted by Gasteiger charge is 2.27. The number of pyridine rings is 1. The predicted molar refractivity (Wildman–Crippen MR) is 116 cm³/mol. The molecule has 1 aliphatic heterocycles. The molecule has 0 fully saturated rings. The smallest absolute Gasteiger partial charge is 0.225 e. The van der Waals surface area contributed by atoms with Gasteiger partial charge in [-0.1, -0.05) is 6.07 Å². The molecule has 158 valence electrons. The van der Waals surface area contributed by atoms with Crippen LogP contribution in [0.1, 0.15) is 40.2 Å². The standard InChI is InChI=1S/C23H22N4O3S/c24-13-19-18-9-11-27(22(29)8-5-16-3-1-10-25-14-16)15-20(18)31-23(19)26-21(28)7-6-17-4-2-12-30-17/h1-4,10,12,14H,5-9,11,15H2,(H,26,28). The number of aromatic nitrogens is 1. The van der Waals surface area contributed by atoms with Crippen LogP contribution in [0, 0.1) is 11.3 Å². The van der Waals surface area contributed by atoms with Crippen molar-refractivity contribution in [2.45, 2.75) is 38.6 Å². The Morgan fingerprint density at radius 1 is 1.26 bits per heavy atom. The van der Waals surface area contributed by atoms with E-state index in [0.29, 0.717) is 49.3 Å². The Morgan fingerprint density at radius 2 is 2.16 bits per heavy atom. The van der Waals surface area contributed by atoms with Crippen molar-refractivity contribution in [3.63, 3.8) is 0 Å². The van der Waals surface area contributed by atoms with E-state index in [0.717, 1.165) is 21.8 Å². The summed E-state index contributed by atoms with van der Waals surface area (Å²) in [6.07, 6.45) is 7.56. The molecule has 0 unspecified atom stereocenters. The second kappa shape index (κ2) is 9.58. The van der Waals surface area contributed by atoms with Crippen LogP contribution in [0.4, 0.5) is 5.00 Å². The van der Waals surface area contributed by atoms with Crippen molar-refractivity contribution in [1.29, 1.82) is 5.26 Å². The lowest BCUT2D eigenvalue weighted by Gasteiger charge is -2.27. The van der Waals surface area contributed by atoms with E-state index in [9.17, 15) is 14.9 Å². The summed E-state index contributed by atoms with van der Waals surface area (Å²) in [4.78, 5) is 31.9. The fraction of sp³-hybridized carbons (Fsp3) is 0.304. The first-order valence-corrected chi connectivity index (χ1v) is 11.0. The number of fused-ring (bicyclic) bond motifs is 1. The van der Waals surface area contributed by atoms with Gasteiger partial charge in [-0.05, 0) is 42.2 Å². The Bertz CT molecular complexity index is 1100. The molecule has 0 bridgehead atoms. The zero-order chi connectivity index (χ0) is 21.6. The van der Waals surface area contributed by atoms with Gasteiger partial charge in [0.1, 0.15) is 16.8 Å². The summed E-state index contributed by atoms with van der Waals surface area (Å²) in [5.74, 6) is 0.683. The van der Waals surface area contributed by atoms with Gasteiger partial charge >= 0.3 is 0 Å². The van der Waals surface area contributed by atoms with Gasteiger partial charge in [-0.2, -0.15) is 5.26 Å². The summed E-state index contributed by atoms with van der Waals surface area (Å²) in [6.45, 7) is 1.05. The lowest BCUT2D eigenvalue weighted by atomic mass is 10.0. The summed E-state index contributed by atoms with van der Waals surface area (Å²) >= 11 is 1.39. The number of carbonyl (C=O) groups is 2. The van der Waals surface area contributed by atoms with Crippen molar-refractivity contribution in [2.75, 3.05) is 11.9 Å². The third kappa shape index (κ3) is 5.01. The summed E-state index contributed by atoms with van der Waals surface area (Å²) in [6, 6.07) is 9.69. The van der Waals surface area contributed by atoms with Crippen LogP contribution in [0.2, 0.25) is 0 Å². The number of aryl methyl sites for hydroxylation is 2. The molecular weight excluding hydrogens is 412 g/mol. The number of hydrogen-bond acceptors (Lipinski definition) is 6. The fourth-order valence-electron chi connectivity index (χ4n) is 3.66. The highest BCUT2D eigenvalue weighted by molar-refractivity contribution is 7.16. The van der Waals surface area contributed by atoms with Gasteiger partial charge in [0.15, 0.2) is 0 Å². The third-order valence-electron chi connectivity index (χ3n) is 5.30. The maximum absolute atomic E-state index is 12.7. The van der Waals surface area contributed by atoms with Crippen LogP contribution in [0.3, 0.4) is 0 Å². The predicted octanol–water partition coefficient (Wildman–Crippen LogP) is 3.70. The summed E-state index contributed by atoms with van der Waals surface area (Å²) in [7, 11) is 0. The van der Waals surface area contributed by atoms with Gasteiger partial charge in [-0.15, -0.1) is 11.3 Å². The molecule has 4 heterocycles. The molecule has 1 N–H and O–H groups in total. The van der Waals surface area contributed by atoms with Crippen molar-refractivity contribution < 1.29 is 14.0 Å². The van der Waals surface area contributed by atoms with Gasteiger partial charge in [0.25, 0.3) is 0 Å². The average Bonchev–Trinajstić information content (AvgIpc) is 3.43. The Labute approximate surface area is 184 Å². The molecule has 7 nitrogen and oxygen atoms in total. The topological polar surface area (TPSA) is 99.2 Å². The third-order valence-corrected chi connectivity index (χ3v) is 6.44. The van der Waals surface area contributed by atoms with E-state index in [1.54, 1.807) is 24.7 Å². The average molecular weight is 435 g/mol. The van der Waals surface area contributed by atoms with Crippen LogP contribution >= 0.6 is 11.3 Å². The van der Waals surface area contributed by atoms with Crippen molar-refractivity contribution in [2.24, 2.45) is 0 Å². The zero-order valence-corrected chi connectivity index (χ0v) is 17.8. The molecule has 3 aromatic heterocycles. The highest BCUT2D eigenvalue weighted by atomic mass is 32.1. The van der Waals surface area contributed by atoms with Gasteiger partial charge in [-0.3, -0.25) is 14.6 Å². The number of nitrogens with one attached hydrogen (secondary N) is 1. The quantitative estimate of drug-likeness (QED) is 0.611. The lowest BCUT2D eigenvalue weighted by Crippen LogP contribution is -2.35. The summed E-state index contributed by atoms with van der Waals surface area (Å²) < 4.78 is 5.26. The molecule has 0 aliphatic carbocycles. The molecule has 0 saturated heterocycles. The van der Waals surface area contributed by atoms with Crippen molar-refractivity contribution in [1.82, 2.24) is 9.88 Å². The van der Waals surface area contributed by atoms with Gasteiger partial charge in [0, 0.05) is 43.1 Å². The van der Waals surface area contributed by atoms with E-state index >= 15 is 0 Å². The Balaban J connectivity index is 1.37. The zero-order valence-electron chi connectivity index (χ0n) is 17.0. The van der Waals surface area contributed by atoms with Crippen LogP contribution in [0.15, 0.2) is 47.3 Å². The number of thiophene rings is 1. The Hall–Kier alpha value is -3.44. The molecule has 0 radical (unpaired) electrons. The number of anilines is 1. The number of carbonyl (C=O) groups excluding carboxylic acids is 2. The van der Waals surface area contributed by atoms with E-state index in [2.05, 4.69) is 16.4 Å². The molecule has 0 atom stereocenters. The van der Waals surface area contributed by atoms with Crippen LogP contribution in [0.5, 0.6) is 0 Å². The number of rotatable bonds is 7. The molecular formula is C23H22N4O3S. The van der Waals surface area contributed by atoms with E-state index < -0.39 is 0 Å². The molecule has 31 heavy (non-hydrogen) atoms. The molecule has 2 amide bonds. The molecule has 0 saturated carbocycles. The summed E-state index contributed by atoms with van der Waals surface area (Å²) in [5.41, 5.74) is 2.51. The van der Waals surface area contributed by atoms with Gasteiger partial charge in [0.05, 0.1) is 18.4 Å². The second-order valence-corrected chi connectivity index (χ2v) is 8.48. The minimum atomic E-state index is -0.157. The van der Waals surface area contributed by atoms with E-state index in [4.69, 9.17) is 4.42 Å². The highest BCUT2D eigenvalue weighted by Crippen LogP contribution is 2.37. The molecule has 0 aromatic carbocycles. The first kappa shape index (κ1) is 20.8. The Morgan fingerprint density at radius 3 is 2.90 bits per heavy atom. The first-order valence-electron chi connectivity index (χ1n) is 10.2. The van der Waals surface area contributed by atoms with Crippen LogP contribution in [0.25, 0.3) is 0 Å². The van der Waals surface area contributed by atoms with E-state index in [1.165, 1.54) is 11.3 Å². The van der Waals surface area contributed by atoms with Gasteiger partial charge < -0.3 is 14.6 Å². The molecule has 0 spiro atoms. The summed E-state index contributed by atoms with van der Waals surface area (Å²) in [5, 5.41) is 13.1. The number of nitriles is 1. The van der Waals surface area contributed by atoms with Crippen LogP contribution < -0.4 is 5.32 Å². The minimum absolute atomic E-state index is 0.0884. The maximum Gasteiger partial charge on any atom is 0.225 e. The number of hydrogen-bond donors (Lipinski definition) is 1. The minimum Gasteiger partial charge on any atom is -0.469 e. The maximum atomic E-state index is 12.7. The molecule has 3 aromatic rings. The number of nitrogens with zero attached hydrogens (tertiary/aromatic N) is 3. The fourth-order valence-corrected chi connectivity index (χ4v) is 4.89. The number of amides is 2. The van der Waals surface area contributed by atoms with E-state index in [1.807, 2.05) is 23.1 Å². The van der Waals surface area contributed by atoms with Gasteiger partial charge in [-0.25, -0.2) is 0 Å². The van der Waals surface area contributed by atoms with Crippen molar-refractivity contribution in [3.05, 3.63) is 70.3 Å². The van der Waals surface area contributed by atoms with Crippen molar-refractivity contribution in [3.8, 4) is 6.07 Å². The van der Waals surface area contributed by atoms with E-state index in [-0.39, 0.29) is 18.2 Å². The molecule has 8 heteroatoms. The van der Waals surface area contributed by atoms with Crippen molar-refractivity contribution >= 4 is 28.2 Å². The largest absolute Gasteiger partial charge is 0.469 e. The second-order valence-electron chi connectivity index (χ2n) is 7.37. The van der Waals surface area contributed by atoms with Crippen LogP contribution in [-0.4, -0.2) is 28.2 Å². The van der Waals surface area contributed by atoms with Crippen LogP contribution in [-0.2, 0) is 35.4 Å². The molecule has 4 rings (SSSR count). The monoisotopic (exact) mass is 434 g/mol. The number of furan rings is 1. The SMILES string of the molecule is N#Cc1c(NC(=O)CCc2ccco2)sc2c1CCN(C(=O)CCc1cccnc1)C2. The first-order chi connectivity index (χ1) is 15.1.